The van der Waals surface area contributed by atoms with Crippen LogP contribution in [0.15, 0.2) is 42.5 Å². The van der Waals surface area contributed by atoms with E-state index in [0.717, 1.165) is 22.3 Å². The van der Waals surface area contributed by atoms with E-state index in [2.05, 4.69) is 11.1 Å². The summed E-state index contributed by atoms with van der Waals surface area (Å²) >= 11 is 0. The van der Waals surface area contributed by atoms with Gasteiger partial charge < -0.3 is 4.74 Å². The predicted octanol–water partition coefficient (Wildman–Crippen LogP) is 4.28. The highest BCUT2D eigenvalue weighted by molar-refractivity contribution is 5.80. The molecule has 0 unspecified atom stereocenters. The number of nitrogens with zero attached hydrogens (tertiary/aromatic N) is 1. The average molecular weight is 241 g/mol. The van der Waals surface area contributed by atoms with Crippen LogP contribution in [0, 0.1) is 6.92 Å². The van der Waals surface area contributed by atoms with Crippen molar-refractivity contribution in [3.63, 3.8) is 0 Å². The highest BCUT2D eigenvalue weighted by Crippen LogP contribution is 2.24. The van der Waals surface area contributed by atoms with E-state index >= 15 is 0 Å². The van der Waals surface area contributed by atoms with Crippen molar-refractivity contribution in [3.8, 4) is 5.75 Å². The van der Waals surface area contributed by atoms with Gasteiger partial charge in [-0.1, -0.05) is 12.1 Å². The zero-order chi connectivity index (χ0) is 13.2. The minimum absolute atomic E-state index is 0.291. The van der Waals surface area contributed by atoms with Gasteiger partial charge in [0.25, 0.3) is 0 Å². The minimum atomic E-state index is -0.291. The molecule has 0 amide bonds. The van der Waals surface area contributed by atoms with E-state index < -0.39 is 0 Å². The van der Waals surface area contributed by atoms with Crippen LogP contribution in [0.5, 0.6) is 5.75 Å². The number of aromatic nitrogens is 1. The summed E-state index contributed by atoms with van der Waals surface area (Å²) in [5.74, 6) is 0.872. The Labute approximate surface area is 108 Å². The fourth-order valence-electron chi connectivity index (χ4n) is 2.01. The van der Waals surface area contributed by atoms with E-state index in [0.29, 0.717) is 0 Å². The number of fused-ring (bicyclic) bond motifs is 1. The first kappa shape index (κ1) is 12.6. The molecular weight excluding hydrogens is 222 g/mol. The van der Waals surface area contributed by atoms with E-state index in [9.17, 15) is 0 Å². The topological polar surface area (TPSA) is 22.1 Å². The van der Waals surface area contributed by atoms with Crippen molar-refractivity contribution >= 4 is 10.9 Å². The first-order chi connectivity index (χ1) is 8.50. The number of aryl methyl sites for hydroxylation is 1. The van der Waals surface area contributed by atoms with Crippen molar-refractivity contribution in [1.82, 2.24) is 4.98 Å². The predicted molar refractivity (Wildman–Crippen MR) is 76.0 cm³/mol. The van der Waals surface area contributed by atoms with E-state index in [1.807, 2.05) is 64.1 Å². The van der Waals surface area contributed by atoms with Gasteiger partial charge >= 0.3 is 0 Å². The maximum atomic E-state index is 5.97. The lowest BCUT2D eigenvalue weighted by molar-refractivity contribution is 0.162. The standard InChI is InChI=1S/C16H19NO/c1-5-10-16(3,4)18-14-8-9-15-13(11-14)7-6-12(2)17-15/h5-11H,1-4H3/b10-5-. The van der Waals surface area contributed by atoms with Crippen LogP contribution in [-0.4, -0.2) is 10.6 Å². The Bertz CT molecular complexity index is 585. The summed E-state index contributed by atoms with van der Waals surface area (Å²) < 4.78 is 5.97. The number of rotatable bonds is 3. The van der Waals surface area contributed by atoms with Crippen LogP contribution >= 0.6 is 0 Å². The fourth-order valence-corrected chi connectivity index (χ4v) is 2.01. The summed E-state index contributed by atoms with van der Waals surface area (Å²) in [6.07, 6.45) is 4.05. The van der Waals surface area contributed by atoms with Crippen molar-refractivity contribution in [3.05, 3.63) is 48.2 Å². The summed E-state index contributed by atoms with van der Waals surface area (Å²) in [4.78, 5) is 4.48. The molecule has 2 rings (SSSR count). The van der Waals surface area contributed by atoms with Gasteiger partial charge in [0.1, 0.15) is 11.4 Å². The van der Waals surface area contributed by atoms with Crippen molar-refractivity contribution in [2.45, 2.75) is 33.3 Å². The second kappa shape index (κ2) is 4.81. The monoisotopic (exact) mass is 241 g/mol. The molecule has 2 nitrogen and oxygen atoms in total. The molecule has 0 fully saturated rings. The van der Waals surface area contributed by atoms with Gasteiger partial charge in [-0.2, -0.15) is 0 Å². The molecule has 0 bridgehead atoms. The normalized spacial score (nSPS) is 12.2. The lowest BCUT2D eigenvalue weighted by Gasteiger charge is -2.22. The Morgan fingerprint density at radius 2 is 1.94 bits per heavy atom. The number of hydrogen-bond acceptors (Lipinski definition) is 2. The Morgan fingerprint density at radius 3 is 2.67 bits per heavy atom. The zero-order valence-electron chi connectivity index (χ0n) is 11.4. The number of allylic oxidation sites excluding steroid dienone is 1. The molecule has 0 N–H and O–H groups in total. The summed E-state index contributed by atoms with van der Waals surface area (Å²) in [6.45, 7) is 8.09. The SMILES string of the molecule is C/C=C\C(C)(C)Oc1ccc2nc(C)ccc2c1. The maximum absolute atomic E-state index is 5.97. The molecule has 0 aliphatic rings. The van der Waals surface area contributed by atoms with Crippen molar-refractivity contribution < 1.29 is 4.74 Å². The third-order valence-electron chi connectivity index (χ3n) is 2.75. The molecule has 0 radical (unpaired) electrons. The van der Waals surface area contributed by atoms with Crippen LogP contribution in [-0.2, 0) is 0 Å². The number of ether oxygens (including phenoxy) is 1. The van der Waals surface area contributed by atoms with Gasteiger partial charge in [0.15, 0.2) is 0 Å². The maximum Gasteiger partial charge on any atom is 0.121 e. The molecule has 0 spiro atoms. The Balaban J connectivity index is 2.33. The van der Waals surface area contributed by atoms with E-state index in [-0.39, 0.29) is 5.60 Å². The third kappa shape index (κ3) is 2.89. The molecule has 0 atom stereocenters. The molecule has 0 saturated carbocycles. The summed E-state index contributed by atoms with van der Waals surface area (Å²) in [7, 11) is 0. The van der Waals surface area contributed by atoms with Crippen LogP contribution in [0.25, 0.3) is 10.9 Å². The summed E-state index contributed by atoms with van der Waals surface area (Å²) in [5.41, 5.74) is 1.75. The highest BCUT2D eigenvalue weighted by Gasteiger charge is 2.15. The van der Waals surface area contributed by atoms with Gasteiger partial charge in [0.2, 0.25) is 0 Å². The molecule has 18 heavy (non-hydrogen) atoms. The fraction of sp³-hybridized carbons (Fsp3) is 0.312. The van der Waals surface area contributed by atoms with Crippen molar-refractivity contribution in [2.75, 3.05) is 0 Å². The molecule has 1 aromatic carbocycles. The molecule has 0 aliphatic heterocycles. The third-order valence-corrected chi connectivity index (χ3v) is 2.75. The van der Waals surface area contributed by atoms with Gasteiger partial charge in [0, 0.05) is 11.1 Å². The Kier molecular flexibility index (Phi) is 3.37. The second-order valence-corrected chi connectivity index (χ2v) is 5.01. The van der Waals surface area contributed by atoms with Gasteiger partial charge in [-0.15, -0.1) is 0 Å². The molecule has 2 heteroatoms. The first-order valence-corrected chi connectivity index (χ1v) is 6.20. The molecular formula is C16H19NO. The summed E-state index contributed by atoms with van der Waals surface area (Å²) in [6, 6.07) is 10.1. The number of benzene rings is 1. The molecule has 1 heterocycles. The van der Waals surface area contributed by atoms with Gasteiger partial charge in [0.05, 0.1) is 5.52 Å². The van der Waals surface area contributed by atoms with Gasteiger partial charge in [-0.25, -0.2) is 0 Å². The quantitative estimate of drug-likeness (QED) is 0.748. The van der Waals surface area contributed by atoms with Crippen molar-refractivity contribution in [2.24, 2.45) is 0 Å². The number of pyridine rings is 1. The van der Waals surface area contributed by atoms with Crippen LogP contribution in [0.2, 0.25) is 0 Å². The van der Waals surface area contributed by atoms with E-state index in [4.69, 9.17) is 4.74 Å². The minimum Gasteiger partial charge on any atom is -0.484 e. The lowest BCUT2D eigenvalue weighted by Crippen LogP contribution is -2.24. The van der Waals surface area contributed by atoms with Crippen LogP contribution in [0.1, 0.15) is 26.5 Å². The van der Waals surface area contributed by atoms with E-state index in [1.165, 1.54) is 0 Å². The largest absolute Gasteiger partial charge is 0.484 e. The molecule has 94 valence electrons. The molecule has 0 saturated heterocycles. The van der Waals surface area contributed by atoms with Gasteiger partial charge in [-0.3, -0.25) is 4.98 Å². The van der Waals surface area contributed by atoms with Crippen LogP contribution < -0.4 is 4.74 Å². The first-order valence-electron chi connectivity index (χ1n) is 6.20. The Hall–Kier alpha value is -1.83. The van der Waals surface area contributed by atoms with E-state index in [1.54, 1.807) is 0 Å². The summed E-state index contributed by atoms with van der Waals surface area (Å²) in [5, 5.41) is 1.11. The van der Waals surface area contributed by atoms with Gasteiger partial charge in [-0.05, 0) is 58.0 Å². The second-order valence-electron chi connectivity index (χ2n) is 5.01. The smallest absolute Gasteiger partial charge is 0.121 e. The highest BCUT2D eigenvalue weighted by atomic mass is 16.5. The Morgan fingerprint density at radius 1 is 1.17 bits per heavy atom. The molecule has 2 aromatic rings. The number of hydrogen-bond donors (Lipinski definition) is 0. The molecule has 1 aromatic heterocycles. The lowest BCUT2D eigenvalue weighted by atomic mass is 10.1. The molecule has 0 aliphatic carbocycles. The average Bonchev–Trinajstić information content (AvgIpc) is 2.28. The zero-order valence-corrected chi connectivity index (χ0v) is 11.4. The van der Waals surface area contributed by atoms with Crippen LogP contribution in [0.4, 0.5) is 0 Å². The van der Waals surface area contributed by atoms with Crippen LogP contribution in [0.3, 0.4) is 0 Å². The van der Waals surface area contributed by atoms with Crippen molar-refractivity contribution in [1.29, 1.82) is 0 Å².